The highest BCUT2D eigenvalue weighted by Crippen LogP contribution is 2.11. The van der Waals surface area contributed by atoms with Gasteiger partial charge >= 0.3 is 0 Å². The fourth-order valence-electron chi connectivity index (χ4n) is 1.02. The maximum atomic E-state index is 11.1. The van der Waals surface area contributed by atoms with Crippen LogP contribution < -0.4 is 10.9 Å². The Morgan fingerprint density at radius 1 is 1.43 bits per heavy atom. The molecule has 0 fully saturated rings. The number of thioether (sulfide) groups is 1. The van der Waals surface area contributed by atoms with Crippen molar-refractivity contribution in [2.24, 2.45) is 0 Å². The summed E-state index contributed by atoms with van der Waals surface area (Å²) in [6, 6.07) is 7.80. The van der Waals surface area contributed by atoms with Crippen LogP contribution in [0, 0.1) is 6.92 Å². The van der Waals surface area contributed by atoms with Crippen molar-refractivity contribution in [1.29, 1.82) is 0 Å². The Morgan fingerprint density at radius 3 is 2.79 bits per heavy atom. The number of carbonyl (C=O) groups is 1. The first kappa shape index (κ1) is 10.9. The van der Waals surface area contributed by atoms with Crippen molar-refractivity contribution in [3.05, 3.63) is 29.8 Å². The summed E-state index contributed by atoms with van der Waals surface area (Å²) in [7, 11) is 0. The van der Waals surface area contributed by atoms with Crippen molar-refractivity contribution in [1.82, 2.24) is 5.43 Å². The summed E-state index contributed by atoms with van der Waals surface area (Å²) in [5, 5.41) is 0. The van der Waals surface area contributed by atoms with Gasteiger partial charge in [-0.05, 0) is 24.8 Å². The van der Waals surface area contributed by atoms with Crippen LogP contribution in [0.5, 0.6) is 0 Å². The number of hydrazine groups is 1. The molecule has 1 aromatic carbocycles. The Bertz CT molecular complexity index is 315. The molecule has 1 aromatic rings. The lowest BCUT2D eigenvalue weighted by Gasteiger charge is -2.09. The van der Waals surface area contributed by atoms with Gasteiger partial charge in [-0.1, -0.05) is 18.2 Å². The first-order valence-electron chi connectivity index (χ1n) is 4.33. The smallest absolute Gasteiger partial charge is 0.248 e. The van der Waals surface area contributed by atoms with Crippen LogP contribution in [0.1, 0.15) is 5.56 Å². The quantitative estimate of drug-likeness (QED) is 0.745. The minimum absolute atomic E-state index is 0.0132. The van der Waals surface area contributed by atoms with Crippen LogP contribution in [0.25, 0.3) is 0 Å². The summed E-state index contributed by atoms with van der Waals surface area (Å²) in [5.74, 6) is 0.458. The van der Waals surface area contributed by atoms with E-state index in [-0.39, 0.29) is 5.91 Å². The number of aryl methyl sites for hydroxylation is 1. The predicted molar refractivity (Wildman–Crippen MR) is 61.3 cm³/mol. The maximum Gasteiger partial charge on any atom is 0.248 e. The fraction of sp³-hybridized carbons (Fsp3) is 0.300. The van der Waals surface area contributed by atoms with E-state index in [4.69, 9.17) is 0 Å². The zero-order valence-electron chi connectivity index (χ0n) is 8.33. The highest BCUT2D eigenvalue weighted by atomic mass is 32.2. The van der Waals surface area contributed by atoms with Gasteiger partial charge in [-0.25, -0.2) is 0 Å². The molecule has 1 amide bonds. The van der Waals surface area contributed by atoms with Gasteiger partial charge in [0.1, 0.15) is 0 Å². The molecule has 3 nitrogen and oxygen atoms in total. The van der Waals surface area contributed by atoms with E-state index in [9.17, 15) is 4.79 Å². The van der Waals surface area contributed by atoms with E-state index in [2.05, 4.69) is 10.9 Å². The Morgan fingerprint density at radius 2 is 2.14 bits per heavy atom. The Labute approximate surface area is 88.2 Å². The van der Waals surface area contributed by atoms with Crippen LogP contribution in [-0.4, -0.2) is 17.9 Å². The van der Waals surface area contributed by atoms with Gasteiger partial charge in [0.25, 0.3) is 0 Å². The average molecular weight is 210 g/mol. The lowest BCUT2D eigenvalue weighted by atomic mass is 10.2. The van der Waals surface area contributed by atoms with Crippen molar-refractivity contribution < 1.29 is 4.79 Å². The first-order chi connectivity index (χ1) is 6.74. The molecule has 0 aliphatic carbocycles. The molecule has 4 heteroatoms. The molecular formula is C10H14N2OS. The molecule has 76 valence electrons. The summed E-state index contributed by atoms with van der Waals surface area (Å²) in [6.45, 7) is 1.99. The monoisotopic (exact) mass is 210 g/mol. The van der Waals surface area contributed by atoms with Crippen LogP contribution in [0.2, 0.25) is 0 Å². The molecule has 0 spiro atoms. The molecule has 0 aliphatic heterocycles. The zero-order valence-corrected chi connectivity index (χ0v) is 9.15. The van der Waals surface area contributed by atoms with Crippen LogP contribution >= 0.6 is 11.8 Å². The largest absolute Gasteiger partial charge is 0.298 e. The fourth-order valence-corrected chi connectivity index (χ4v) is 1.35. The molecule has 14 heavy (non-hydrogen) atoms. The van der Waals surface area contributed by atoms with Crippen LogP contribution in [0.15, 0.2) is 24.3 Å². The lowest BCUT2D eigenvalue weighted by Crippen LogP contribution is -2.31. The van der Waals surface area contributed by atoms with E-state index in [1.807, 2.05) is 37.4 Å². The minimum Gasteiger partial charge on any atom is -0.298 e. The summed E-state index contributed by atoms with van der Waals surface area (Å²) in [5.41, 5.74) is 7.56. The molecule has 0 aliphatic rings. The summed E-state index contributed by atoms with van der Waals surface area (Å²) in [6.07, 6.45) is 1.90. The summed E-state index contributed by atoms with van der Waals surface area (Å²) >= 11 is 1.50. The normalized spacial score (nSPS) is 9.57. The van der Waals surface area contributed by atoms with E-state index < -0.39 is 0 Å². The third-order valence-electron chi connectivity index (χ3n) is 1.76. The molecule has 0 saturated heterocycles. The molecule has 0 aromatic heterocycles. The van der Waals surface area contributed by atoms with E-state index >= 15 is 0 Å². The molecule has 0 bridgehead atoms. The van der Waals surface area contributed by atoms with Gasteiger partial charge in [0.2, 0.25) is 5.91 Å². The van der Waals surface area contributed by atoms with Crippen molar-refractivity contribution in [2.75, 3.05) is 17.4 Å². The van der Waals surface area contributed by atoms with Gasteiger partial charge in [-0.3, -0.25) is 15.6 Å². The van der Waals surface area contributed by atoms with E-state index in [0.717, 1.165) is 11.3 Å². The number of benzene rings is 1. The molecule has 0 heterocycles. The van der Waals surface area contributed by atoms with Gasteiger partial charge in [0.05, 0.1) is 11.4 Å². The zero-order chi connectivity index (χ0) is 10.4. The highest BCUT2D eigenvalue weighted by molar-refractivity contribution is 7.99. The van der Waals surface area contributed by atoms with Gasteiger partial charge in [-0.15, -0.1) is 0 Å². The molecule has 2 N–H and O–H groups in total. The topological polar surface area (TPSA) is 41.1 Å². The van der Waals surface area contributed by atoms with Crippen LogP contribution in [-0.2, 0) is 4.79 Å². The van der Waals surface area contributed by atoms with Crippen LogP contribution in [0.4, 0.5) is 5.69 Å². The lowest BCUT2D eigenvalue weighted by molar-refractivity contribution is -0.118. The van der Waals surface area contributed by atoms with Crippen molar-refractivity contribution in [3.63, 3.8) is 0 Å². The number of rotatable bonds is 4. The Kier molecular flexibility index (Phi) is 4.32. The minimum atomic E-state index is -0.0132. The second-order valence-corrected chi connectivity index (χ2v) is 3.79. The van der Waals surface area contributed by atoms with E-state index in [1.54, 1.807) is 0 Å². The Hall–Kier alpha value is -1.16. The number of nitrogens with one attached hydrogen (secondary N) is 2. The predicted octanol–water partition coefficient (Wildman–Crippen LogP) is 1.80. The molecule has 0 atom stereocenters. The average Bonchev–Trinajstić information content (AvgIpc) is 2.17. The number of carbonyl (C=O) groups excluding carboxylic acids is 1. The number of anilines is 1. The van der Waals surface area contributed by atoms with Crippen molar-refractivity contribution >= 4 is 23.4 Å². The summed E-state index contributed by atoms with van der Waals surface area (Å²) in [4.78, 5) is 11.1. The molecule has 1 rings (SSSR count). The third kappa shape index (κ3) is 3.30. The van der Waals surface area contributed by atoms with Crippen molar-refractivity contribution in [3.8, 4) is 0 Å². The molecule has 0 unspecified atom stereocenters. The van der Waals surface area contributed by atoms with E-state index in [0.29, 0.717) is 5.75 Å². The second-order valence-electron chi connectivity index (χ2n) is 2.92. The van der Waals surface area contributed by atoms with Gasteiger partial charge in [0.15, 0.2) is 0 Å². The molecular weight excluding hydrogens is 196 g/mol. The number of hydrogen-bond donors (Lipinski definition) is 2. The SMILES string of the molecule is CSCC(=O)NNc1ccccc1C. The maximum absolute atomic E-state index is 11.1. The van der Waals surface area contributed by atoms with E-state index in [1.165, 1.54) is 11.8 Å². The second kappa shape index (κ2) is 5.54. The van der Waals surface area contributed by atoms with Crippen LogP contribution in [0.3, 0.4) is 0 Å². The van der Waals surface area contributed by atoms with Crippen molar-refractivity contribution in [2.45, 2.75) is 6.92 Å². The molecule has 0 saturated carbocycles. The highest BCUT2D eigenvalue weighted by Gasteiger charge is 1.99. The third-order valence-corrected chi connectivity index (χ3v) is 2.31. The van der Waals surface area contributed by atoms with Gasteiger partial charge < -0.3 is 0 Å². The molecule has 0 radical (unpaired) electrons. The number of amides is 1. The first-order valence-corrected chi connectivity index (χ1v) is 5.73. The Balaban J connectivity index is 2.46. The van der Waals surface area contributed by atoms with Gasteiger partial charge in [0, 0.05) is 0 Å². The van der Waals surface area contributed by atoms with Gasteiger partial charge in [-0.2, -0.15) is 11.8 Å². The standard InChI is InChI=1S/C10H14N2OS/c1-8-5-3-4-6-9(8)11-12-10(13)7-14-2/h3-6,11H,7H2,1-2H3,(H,12,13). The number of para-hydroxylation sites is 1. The number of hydrogen-bond acceptors (Lipinski definition) is 3. The summed E-state index contributed by atoms with van der Waals surface area (Å²) < 4.78 is 0.